The van der Waals surface area contributed by atoms with Gasteiger partial charge in [-0.3, -0.25) is 9.59 Å². The molecule has 0 aliphatic heterocycles. The topological polar surface area (TPSA) is 58.2 Å². The molecule has 3 aromatic rings. The number of halogens is 1. The van der Waals surface area contributed by atoms with Crippen LogP contribution in [0.5, 0.6) is 0 Å². The Morgan fingerprint density at radius 2 is 1.80 bits per heavy atom. The molecule has 0 bridgehead atoms. The van der Waals surface area contributed by atoms with Crippen LogP contribution in [0.2, 0.25) is 0 Å². The molecule has 3 rings (SSSR count). The first-order valence-corrected chi connectivity index (χ1v) is 8.48. The van der Waals surface area contributed by atoms with Crippen molar-refractivity contribution in [3.8, 4) is 0 Å². The number of hydrogen-bond donors (Lipinski definition) is 2. The van der Waals surface area contributed by atoms with E-state index in [0.717, 1.165) is 4.88 Å². The summed E-state index contributed by atoms with van der Waals surface area (Å²) >= 11 is 1.50. The fourth-order valence-corrected chi connectivity index (χ4v) is 3.02. The molecule has 4 nitrogen and oxygen atoms in total. The standard InChI is InChI=1S/C19H15FN2O2S/c20-13-5-3-6-14(11-13)21-19(24)16-8-1-2-9-17(16)22-18(23)12-15-7-4-10-25-15/h1-11H,12H2,(H,21,24)(H,22,23). The molecule has 2 N–H and O–H groups in total. The van der Waals surface area contributed by atoms with E-state index in [9.17, 15) is 14.0 Å². The van der Waals surface area contributed by atoms with Crippen LogP contribution in [0.1, 0.15) is 15.2 Å². The van der Waals surface area contributed by atoms with E-state index in [0.29, 0.717) is 16.9 Å². The maximum absolute atomic E-state index is 13.2. The molecular weight excluding hydrogens is 339 g/mol. The summed E-state index contributed by atoms with van der Waals surface area (Å²) in [6.45, 7) is 0. The van der Waals surface area contributed by atoms with Gasteiger partial charge in [0.05, 0.1) is 17.7 Å². The summed E-state index contributed by atoms with van der Waals surface area (Å²) in [6.07, 6.45) is 0.248. The molecule has 1 aromatic heterocycles. The minimum Gasteiger partial charge on any atom is -0.325 e. The second-order valence-electron chi connectivity index (χ2n) is 5.31. The van der Waals surface area contributed by atoms with Crippen molar-refractivity contribution in [3.05, 3.63) is 82.3 Å². The van der Waals surface area contributed by atoms with Gasteiger partial charge in [0.1, 0.15) is 5.82 Å². The van der Waals surface area contributed by atoms with Crippen molar-refractivity contribution in [2.24, 2.45) is 0 Å². The van der Waals surface area contributed by atoms with Crippen LogP contribution in [0, 0.1) is 5.82 Å². The normalized spacial score (nSPS) is 10.3. The Morgan fingerprint density at radius 1 is 0.960 bits per heavy atom. The van der Waals surface area contributed by atoms with Crippen molar-refractivity contribution in [2.45, 2.75) is 6.42 Å². The van der Waals surface area contributed by atoms with Crippen LogP contribution < -0.4 is 10.6 Å². The molecular formula is C19H15FN2O2S. The number of hydrogen-bond acceptors (Lipinski definition) is 3. The number of anilines is 2. The molecule has 2 aromatic carbocycles. The van der Waals surface area contributed by atoms with Gasteiger partial charge in [-0.15, -0.1) is 11.3 Å². The monoisotopic (exact) mass is 354 g/mol. The quantitative estimate of drug-likeness (QED) is 0.717. The zero-order chi connectivity index (χ0) is 17.6. The van der Waals surface area contributed by atoms with Gasteiger partial charge in [0.15, 0.2) is 0 Å². The van der Waals surface area contributed by atoms with Crippen molar-refractivity contribution in [3.63, 3.8) is 0 Å². The van der Waals surface area contributed by atoms with Crippen LogP contribution >= 0.6 is 11.3 Å². The largest absolute Gasteiger partial charge is 0.325 e. The molecule has 0 fully saturated rings. The number of rotatable bonds is 5. The first-order valence-electron chi connectivity index (χ1n) is 7.60. The van der Waals surface area contributed by atoms with Crippen LogP contribution in [0.3, 0.4) is 0 Å². The van der Waals surface area contributed by atoms with E-state index in [1.165, 1.54) is 29.5 Å². The molecule has 0 radical (unpaired) electrons. The SMILES string of the molecule is O=C(Cc1cccs1)Nc1ccccc1C(=O)Nc1cccc(F)c1. The lowest BCUT2D eigenvalue weighted by Gasteiger charge is -2.11. The second-order valence-corrected chi connectivity index (χ2v) is 6.35. The summed E-state index contributed by atoms with van der Waals surface area (Å²) < 4.78 is 13.2. The predicted molar refractivity (Wildman–Crippen MR) is 97.4 cm³/mol. The summed E-state index contributed by atoms with van der Waals surface area (Å²) in [4.78, 5) is 25.6. The first-order chi connectivity index (χ1) is 12.1. The zero-order valence-corrected chi connectivity index (χ0v) is 14.0. The number of nitrogens with one attached hydrogen (secondary N) is 2. The van der Waals surface area contributed by atoms with E-state index in [1.54, 1.807) is 30.3 Å². The summed E-state index contributed by atoms with van der Waals surface area (Å²) in [5.41, 5.74) is 1.08. The molecule has 0 spiro atoms. The van der Waals surface area contributed by atoms with Crippen molar-refractivity contribution in [2.75, 3.05) is 10.6 Å². The van der Waals surface area contributed by atoms with E-state index in [4.69, 9.17) is 0 Å². The summed E-state index contributed by atoms with van der Waals surface area (Å²) in [5.74, 6) is -1.05. The molecule has 0 aliphatic carbocycles. The molecule has 1 heterocycles. The maximum atomic E-state index is 13.2. The van der Waals surface area contributed by atoms with Crippen LogP contribution in [0.25, 0.3) is 0 Å². The van der Waals surface area contributed by atoms with Gasteiger partial charge in [-0.25, -0.2) is 4.39 Å². The number of carbonyl (C=O) groups is 2. The molecule has 0 aliphatic rings. The van der Waals surface area contributed by atoms with Gasteiger partial charge in [0, 0.05) is 10.6 Å². The Hall–Kier alpha value is -2.99. The number of thiophene rings is 1. The molecule has 2 amide bonds. The minimum atomic E-state index is -0.435. The van der Waals surface area contributed by atoms with Gasteiger partial charge in [-0.1, -0.05) is 24.3 Å². The maximum Gasteiger partial charge on any atom is 0.257 e. The number of carbonyl (C=O) groups excluding carboxylic acids is 2. The molecule has 0 saturated heterocycles. The van der Waals surface area contributed by atoms with Gasteiger partial charge in [-0.2, -0.15) is 0 Å². The highest BCUT2D eigenvalue weighted by Gasteiger charge is 2.14. The Labute approximate surface area is 148 Å². The predicted octanol–water partition coefficient (Wildman–Crippen LogP) is 4.32. The van der Waals surface area contributed by atoms with Gasteiger partial charge in [0.2, 0.25) is 5.91 Å². The smallest absolute Gasteiger partial charge is 0.257 e. The number of amides is 2. The summed E-state index contributed by atoms with van der Waals surface area (Å²) in [7, 11) is 0. The lowest BCUT2D eigenvalue weighted by molar-refractivity contribution is -0.115. The van der Waals surface area contributed by atoms with Crippen molar-refractivity contribution in [1.29, 1.82) is 0 Å². The van der Waals surface area contributed by atoms with Crippen LogP contribution in [-0.2, 0) is 11.2 Å². The van der Waals surface area contributed by atoms with Crippen molar-refractivity contribution >= 4 is 34.5 Å². The van der Waals surface area contributed by atoms with E-state index >= 15 is 0 Å². The van der Waals surface area contributed by atoms with Gasteiger partial charge in [-0.05, 0) is 41.8 Å². The third-order valence-electron chi connectivity index (χ3n) is 3.44. The highest BCUT2D eigenvalue weighted by atomic mass is 32.1. The second kappa shape index (κ2) is 7.72. The van der Waals surface area contributed by atoms with E-state index in [2.05, 4.69) is 10.6 Å². The van der Waals surface area contributed by atoms with Crippen molar-refractivity contribution < 1.29 is 14.0 Å². The fourth-order valence-electron chi connectivity index (χ4n) is 2.32. The summed E-state index contributed by atoms with van der Waals surface area (Å²) in [5, 5.41) is 7.30. The zero-order valence-electron chi connectivity index (χ0n) is 13.2. The minimum absolute atomic E-state index is 0.201. The highest BCUT2D eigenvalue weighted by molar-refractivity contribution is 7.10. The molecule has 0 atom stereocenters. The third-order valence-corrected chi connectivity index (χ3v) is 4.32. The number of benzene rings is 2. The van der Waals surface area contributed by atoms with Crippen molar-refractivity contribution in [1.82, 2.24) is 0 Å². The Kier molecular flexibility index (Phi) is 5.20. The Balaban J connectivity index is 1.73. The fraction of sp³-hybridized carbons (Fsp3) is 0.0526. The van der Waals surface area contributed by atoms with Crippen LogP contribution in [-0.4, -0.2) is 11.8 Å². The van der Waals surface area contributed by atoms with Crippen LogP contribution in [0.15, 0.2) is 66.0 Å². The molecule has 126 valence electrons. The average molecular weight is 354 g/mol. The van der Waals surface area contributed by atoms with E-state index < -0.39 is 11.7 Å². The van der Waals surface area contributed by atoms with Gasteiger partial charge < -0.3 is 10.6 Å². The average Bonchev–Trinajstić information content (AvgIpc) is 3.08. The Bertz CT molecular complexity index is 894. The summed E-state index contributed by atoms with van der Waals surface area (Å²) in [6, 6.07) is 16.1. The third kappa shape index (κ3) is 4.51. The molecule has 0 saturated carbocycles. The molecule has 0 unspecified atom stereocenters. The van der Waals surface area contributed by atoms with Gasteiger partial charge >= 0.3 is 0 Å². The Morgan fingerprint density at radius 3 is 2.56 bits per heavy atom. The highest BCUT2D eigenvalue weighted by Crippen LogP contribution is 2.19. The first kappa shape index (κ1) is 16.9. The lowest BCUT2D eigenvalue weighted by Crippen LogP contribution is -2.19. The van der Waals surface area contributed by atoms with E-state index in [1.807, 2.05) is 17.5 Å². The van der Waals surface area contributed by atoms with Crippen LogP contribution in [0.4, 0.5) is 15.8 Å². The molecule has 25 heavy (non-hydrogen) atoms. The van der Waals surface area contributed by atoms with E-state index in [-0.39, 0.29) is 12.3 Å². The van der Waals surface area contributed by atoms with Gasteiger partial charge in [0.25, 0.3) is 5.91 Å². The molecule has 6 heteroatoms. The number of para-hydroxylation sites is 1. The lowest BCUT2D eigenvalue weighted by atomic mass is 10.1.